The number of allylic oxidation sites excluding steroid dienone is 4. The van der Waals surface area contributed by atoms with Gasteiger partial charge in [-0.15, -0.1) is 23.5 Å². The Morgan fingerprint density at radius 3 is 1.87 bits per heavy atom. The minimum absolute atomic E-state index is 0.462. The molecule has 4 aliphatic rings. The average molecular weight is 349 g/mol. The van der Waals surface area contributed by atoms with E-state index < -0.39 is 0 Å². The van der Waals surface area contributed by atoms with Gasteiger partial charge in [0.25, 0.3) is 0 Å². The highest BCUT2D eigenvalue weighted by Crippen LogP contribution is 2.66. The van der Waals surface area contributed by atoms with E-state index in [4.69, 9.17) is 0 Å². The van der Waals surface area contributed by atoms with Gasteiger partial charge in [0.2, 0.25) is 0 Å². The summed E-state index contributed by atoms with van der Waals surface area (Å²) in [6, 6.07) is 0. The van der Waals surface area contributed by atoms with Crippen molar-refractivity contribution in [1.82, 2.24) is 0 Å². The Hall–Kier alpha value is 0.180. The lowest BCUT2D eigenvalue weighted by Gasteiger charge is -2.44. The van der Waals surface area contributed by atoms with Crippen LogP contribution < -0.4 is 0 Å². The van der Waals surface area contributed by atoms with Crippen molar-refractivity contribution in [2.45, 2.75) is 64.9 Å². The number of rotatable bonds is 2. The molecule has 2 heteroatoms. The molecule has 2 fully saturated rings. The van der Waals surface area contributed by atoms with E-state index in [9.17, 15) is 0 Å². The van der Waals surface area contributed by atoms with Gasteiger partial charge in [0.15, 0.2) is 0 Å². The number of fused-ring (bicyclic) bond motifs is 3. The fraction of sp³-hybridized carbons (Fsp3) is 0.810. The Balaban J connectivity index is 1.68. The van der Waals surface area contributed by atoms with Crippen molar-refractivity contribution in [3.05, 3.63) is 22.0 Å². The first-order valence-corrected chi connectivity index (χ1v) is 11.2. The zero-order valence-electron chi connectivity index (χ0n) is 15.5. The summed E-state index contributed by atoms with van der Waals surface area (Å²) in [5.41, 5.74) is 0.462. The van der Waals surface area contributed by atoms with E-state index in [1.54, 1.807) is 9.81 Å². The van der Waals surface area contributed by atoms with Gasteiger partial charge < -0.3 is 0 Å². The highest BCUT2D eigenvalue weighted by Gasteiger charge is 2.60. The van der Waals surface area contributed by atoms with E-state index in [0.717, 1.165) is 46.0 Å². The molecule has 0 bridgehead atoms. The summed E-state index contributed by atoms with van der Waals surface area (Å²) >= 11 is 4.42. The molecule has 0 N–H and O–H groups in total. The number of hydrogen-bond acceptors (Lipinski definition) is 2. The topological polar surface area (TPSA) is 0 Å². The Labute approximate surface area is 151 Å². The van der Waals surface area contributed by atoms with Crippen LogP contribution in [0.25, 0.3) is 0 Å². The molecule has 0 aromatic heterocycles. The van der Waals surface area contributed by atoms with E-state index >= 15 is 0 Å². The quantitative estimate of drug-likeness (QED) is 0.551. The summed E-state index contributed by atoms with van der Waals surface area (Å²) in [5.74, 6) is 5.19. The highest BCUT2D eigenvalue weighted by molar-refractivity contribution is 8.05. The maximum Gasteiger partial charge on any atom is 0.0204 e. The Morgan fingerprint density at radius 2 is 1.43 bits per heavy atom. The van der Waals surface area contributed by atoms with Gasteiger partial charge in [-0.3, -0.25) is 0 Å². The van der Waals surface area contributed by atoms with Gasteiger partial charge >= 0.3 is 0 Å². The zero-order chi connectivity index (χ0) is 16.5. The Bertz CT molecular complexity index is 526. The average Bonchev–Trinajstić information content (AvgIpc) is 3.12. The van der Waals surface area contributed by atoms with Crippen LogP contribution in [0.2, 0.25) is 0 Å². The van der Waals surface area contributed by atoms with Crippen LogP contribution in [0.3, 0.4) is 0 Å². The third kappa shape index (κ3) is 2.49. The normalized spacial score (nSPS) is 49.1. The van der Waals surface area contributed by atoms with Crippen molar-refractivity contribution >= 4 is 23.5 Å². The molecular formula is C21H32S2. The molecule has 0 saturated heterocycles. The Morgan fingerprint density at radius 1 is 0.913 bits per heavy atom. The molecule has 2 aliphatic heterocycles. The molecule has 0 amide bonds. The third-order valence-electron chi connectivity index (χ3n) is 7.34. The molecule has 2 aliphatic carbocycles. The molecule has 128 valence electrons. The molecule has 2 saturated carbocycles. The summed E-state index contributed by atoms with van der Waals surface area (Å²) < 4.78 is 0. The molecule has 2 heterocycles. The van der Waals surface area contributed by atoms with Crippen LogP contribution in [0.15, 0.2) is 22.0 Å². The van der Waals surface area contributed by atoms with Gasteiger partial charge in [0.1, 0.15) is 0 Å². The van der Waals surface area contributed by atoms with Gasteiger partial charge in [0, 0.05) is 10.5 Å². The molecule has 0 nitrogen and oxygen atoms in total. The van der Waals surface area contributed by atoms with Gasteiger partial charge in [-0.2, -0.15) is 0 Å². The lowest BCUT2D eigenvalue weighted by atomic mass is 9.64. The molecule has 0 aromatic carbocycles. The second-order valence-corrected chi connectivity index (χ2v) is 12.2. The second kappa shape index (κ2) is 5.59. The molecule has 0 aromatic rings. The smallest absolute Gasteiger partial charge is 0.0204 e. The van der Waals surface area contributed by atoms with Crippen LogP contribution in [0.1, 0.15) is 54.4 Å². The maximum absolute atomic E-state index is 2.62. The van der Waals surface area contributed by atoms with Crippen molar-refractivity contribution in [1.29, 1.82) is 0 Å². The van der Waals surface area contributed by atoms with Crippen LogP contribution in [0, 0.1) is 40.9 Å². The first-order chi connectivity index (χ1) is 10.8. The van der Waals surface area contributed by atoms with Crippen LogP contribution in [0.4, 0.5) is 0 Å². The molecule has 0 radical (unpaired) electrons. The second-order valence-electron chi connectivity index (χ2n) is 9.38. The van der Waals surface area contributed by atoms with Gasteiger partial charge in [-0.05, 0) is 77.4 Å². The predicted molar refractivity (Wildman–Crippen MR) is 106 cm³/mol. The van der Waals surface area contributed by atoms with Crippen molar-refractivity contribution in [2.75, 3.05) is 0 Å². The van der Waals surface area contributed by atoms with E-state index in [1.165, 1.54) is 12.8 Å². The minimum Gasteiger partial charge on any atom is -0.127 e. The maximum atomic E-state index is 2.62. The Kier molecular flexibility index (Phi) is 4.05. The van der Waals surface area contributed by atoms with E-state index in [0.29, 0.717) is 5.41 Å². The van der Waals surface area contributed by atoms with Crippen LogP contribution in [-0.4, -0.2) is 10.5 Å². The van der Waals surface area contributed by atoms with E-state index in [-0.39, 0.29) is 0 Å². The summed E-state index contributed by atoms with van der Waals surface area (Å²) in [5, 5.41) is 1.67. The molecule has 0 spiro atoms. The van der Waals surface area contributed by atoms with Crippen molar-refractivity contribution < 1.29 is 0 Å². The largest absolute Gasteiger partial charge is 0.127 e. The minimum atomic E-state index is 0.462. The molecule has 23 heavy (non-hydrogen) atoms. The van der Waals surface area contributed by atoms with Gasteiger partial charge in [-0.25, -0.2) is 0 Å². The first kappa shape index (κ1) is 16.6. The van der Waals surface area contributed by atoms with Crippen LogP contribution in [0.5, 0.6) is 0 Å². The summed E-state index contributed by atoms with van der Waals surface area (Å²) in [6.07, 6.45) is 8.12. The molecule has 7 atom stereocenters. The number of thioether (sulfide) groups is 2. The summed E-state index contributed by atoms with van der Waals surface area (Å²) in [6.45, 7) is 14.9. The summed E-state index contributed by atoms with van der Waals surface area (Å²) in [7, 11) is 0. The lowest BCUT2D eigenvalue weighted by molar-refractivity contribution is 0.0949. The lowest BCUT2D eigenvalue weighted by Crippen LogP contribution is -2.41. The fourth-order valence-electron chi connectivity index (χ4n) is 6.56. The van der Waals surface area contributed by atoms with E-state index in [2.05, 4.69) is 77.2 Å². The molecular weight excluding hydrogens is 316 g/mol. The fourth-order valence-corrected chi connectivity index (χ4v) is 10.2. The van der Waals surface area contributed by atoms with Crippen molar-refractivity contribution in [3.63, 3.8) is 0 Å². The number of hydrogen-bond donors (Lipinski definition) is 0. The van der Waals surface area contributed by atoms with Crippen LogP contribution >= 0.6 is 23.5 Å². The predicted octanol–water partition coefficient (Wildman–Crippen LogP) is 6.60. The summed E-state index contributed by atoms with van der Waals surface area (Å²) in [4.78, 5) is 3.16. The van der Waals surface area contributed by atoms with Crippen LogP contribution in [-0.2, 0) is 0 Å². The highest BCUT2D eigenvalue weighted by atomic mass is 32.2. The van der Waals surface area contributed by atoms with Gasteiger partial charge in [0.05, 0.1) is 0 Å². The zero-order valence-corrected chi connectivity index (χ0v) is 17.1. The first-order valence-electron chi connectivity index (χ1n) is 9.49. The SMILES string of the molecule is CC1=CC2C3C=C(C)SC3C(C(C)(C)C3CC(C)CC3C)C2S1. The van der Waals surface area contributed by atoms with Crippen molar-refractivity contribution in [3.8, 4) is 0 Å². The third-order valence-corrected chi connectivity index (χ3v) is 10.1. The van der Waals surface area contributed by atoms with E-state index in [1.807, 2.05) is 0 Å². The monoisotopic (exact) mass is 348 g/mol. The van der Waals surface area contributed by atoms with Gasteiger partial charge in [-0.1, -0.05) is 39.8 Å². The molecule has 7 unspecified atom stereocenters. The molecule has 4 rings (SSSR count). The standard InChI is InChI=1S/C21H32S2/c1-11-7-12(2)17(8-11)21(5,6)18-19-15(9-13(3)22-19)16-10-14(4)23-20(16)18/h9-12,15-20H,7-8H2,1-6H3. The van der Waals surface area contributed by atoms with Crippen molar-refractivity contribution in [2.24, 2.45) is 40.9 Å².